The first-order chi connectivity index (χ1) is 10.6. The van der Waals surface area contributed by atoms with Crippen molar-refractivity contribution >= 4 is 17.8 Å². The zero-order valence-electron chi connectivity index (χ0n) is 14.7. The lowest BCUT2D eigenvalue weighted by Crippen LogP contribution is -2.65. The van der Waals surface area contributed by atoms with Crippen LogP contribution < -0.4 is 0 Å². The second-order valence-electron chi connectivity index (χ2n) is 6.69. The Balaban J connectivity index is 3.18. The van der Waals surface area contributed by atoms with E-state index in [0.717, 1.165) is 0 Å². The SMILES string of the molecule is CCOC(=O)C(CC)C(=O)N1C(C(=O)O)CCCN1C(C)(C)C. The minimum Gasteiger partial charge on any atom is -0.480 e. The van der Waals surface area contributed by atoms with Crippen LogP contribution in [-0.2, 0) is 19.1 Å². The summed E-state index contributed by atoms with van der Waals surface area (Å²) in [7, 11) is 0. The maximum absolute atomic E-state index is 12.9. The molecular weight excluding hydrogens is 300 g/mol. The summed E-state index contributed by atoms with van der Waals surface area (Å²) in [5, 5.41) is 12.5. The lowest BCUT2D eigenvalue weighted by atomic mass is 9.99. The summed E-state index contributed by atoms with van der Waals surface area (Å²) in [6, 6.07) is -0.945. The van der Waals surface area contributed by atoms with E-state index in [0.29, 0.717) is 19.4 Å². The zero-order valence-corrected chi connectivity index (χ0v) is 14.7. The second kappa shape index (κ2) is 7.77. The van der Waals surface area contributed by atoms with Crippen molar-refractivity contribution in [2.24, 2.45) is 5.92 Å². The van der Waals surface area contributed by atoms with Crippen molar-refractivity contribution < 1.29 is 24.2 Å². The number of esters is 1. The number of hydrogen-bond donors (Lipinski definition) is 1. The van der Waals surface area contributed by atoms with Crippen molar-refractivity contribution in [3.8, 4) is 0 Å². The van der Waals surface area contributed by atoms with Crippen molar-refractivity contribution in [2.45, 2.75) is 65.5 Å². The summed E-state index contributed by atoms with van der Waals surface area (Å²) < 4.78 is 4.97. The molecule has 7 heteroatoms. The number of hydrazine groups is 1. The fraction of sp³-hybridized carbons (Fsp3) is 0.812. The monoisotopic (exact) mass is 328 g/mol. The lowest BCUT2D eigenvalue weighted by molar-refractivity contribution is -0.193. The van der Waals surface area contributed by atoms with Crippen LogP contribution in [0.4, 0.5) is 0 Å². The number of amides is 1. The third-order valence-electron chi connectivity index (χ3n) is 3.97. The maximum atomic E-state index is 12.9. The molecule has 1 N–H and O–H groups in total. The van der Waals surface area contributed by atoms with Gasteiger partial charge in [-0.05, 0) is 47.0 Å². The molecule has 1 aliphatic heterocycles. The van der Waals surface area contributed by atoms with E-state index in [2.05, 4.69) is 0 Å². The summed E-state index contributed by atoms with van der Waals surface area (Å²) in [5.41, 5.74) is -0.420. The molecule has 0 spiro atoms. The smallest absolute Gasteiger partial charge is 0.328 e. The first-order valence-corrected chi connectivity index (χ1v) is 8.15. The first-order valence-electron chi connectivity index (χ1n) is 8.15. The summed E-state index contributed by atoms with van der Waals surface area (Å²) >= 11 is 0. The Morgan fingerprint density at radius 2 is 1.87 bits per heavy atom. The molecule has 1 amide bonds. The van der Waals surface area contributed by atoms with Gasteiger partial charge in [-0.25, -0.2) is 9.80 Å². The van der Waals surface area contributed by atoms with Gasteiger partial charge < -0.3 is 9.84 Å². The molecule has 1 aliphatic rings. The quantitative estimate of drug-likeness (QED) is 0.610. The van der Waals surface area contributed by atoms with Gasteiger partial charge in [-0.3, -0.25) is 14.6 Å². The van der Waals surface area contributed by atoms with Crippen molar-refractivity contribution in [2.75, 3.05) is 13.2 Å². The molecule has 1 saturated heterocycles. The van der Waals surface area contributed by atoms with E-state index in [9.17, 15) is 19.5 Å². The van der Waals surface area contributed by atoms with Crippen LogP contribution in [0.3, 0.4) is 0 Å². The highest BCUT2D eigenvalue weighted by atomic mass is 16.5. The van der Waals surface area contributed by atoms with Gasteiger partial charge >= 0.3 is 11.9 Å². The Bertz CT molecular complexity index is 458. The molecule has 0 radical (unpaired) electrons. The number of rotatable bonds is 5. The fourth-order valence-corrected chi connectivity index (χ4v) is 2.84. The number of nitrogens with zero attached hydrogens (tertiary/aromatic N) is 2. The third-order valence-corrected chi connectivity index (χ3v) is 3.97. The van der Waals surface area contributed by atoms with Crippen molar-refractivity contribution in [1.82, 2.24) is 10.0 Å². The molecule has 1 rings (SSSR count). The molecule has 0 aromatic rings. The third kappa shape index (κ3) is 4.43. The summed E-state index contributed by atoms with van der Waals surface area (Å²) in [4.78, 5) is 36.6. The number of carbonyl (C=O) groups excluding carboxylic acids is 2. The van der Waals surface area contributed by atoms with Gasteiger partial charge in [0.05, 0.1) is 6.61 Å². The predicted octanol–water partition coefficient (Wildman–Crippen LogP) is 1.67. The predicted molar refractivity (Wildman–Crippen MR) is 84.4 cm³/mol. The van der Waals surface area contributed by atoms with Gasteiger partial charge in [0, 0.05) is 12.1 Å². The molecule has 0 saturated carbocycles. The number of carboxylic acids is 1. The van der Waals surface area contributed by atoms with Crippen molar-refractivity contribution in [3.63, 3.8) is 0 Å². The lowest BCUT2D eigenvalue weighted by Gasteiger charge is -2.49. The van der Waals surface area contributed by atoms with E-state index < -0.39 is 35.3 Å². The molecule has 0 aromatic heterocycles. The maximum Gasteiger partial charge on any atom is 0.328 e. The van der Waals surface area contributed by atoms with Crippen molar-refractivity contribution in [3.05, 3.63) is 0 Å². The second-order valence-corrected chi connectivity index (χ2v) is 6.69. The van der Waals surface area contributed by atoms with Gasteiger partial charge in [0.25, 0.3) is 5.91 Å². The normalized spacial score (nSPS) is 20.9. The molecular formula is C16H28N2O5. The van der Waals surface area contributed by atoms with Crippen LogP contribution in [0.5, 0.6) is 0 Å². The number of carbonyl (C=O) groups is 3. The van der Waals surface area contributed by atoms with Gasteiger partial charge in [-0.15, -0.1) is 0 Å². The standard InChI is InChI=1S/C16H28N2O5/c1-6-11(15(22)23-7-2)13(19)18-12(14(20)21)9-8-10-17(18)16(3,4)5/h11-12H,6-10H2,1-5H3,(H,20,21). The van der Waals surface area contributed by atoms with Crippen LogP contribution in [0.25, 0.3) is 0 Å². The van der Waals surface area contributed by atoms with E-state index in [1.54, 1.807) is 18.9 Å². The van der Waals surface area contributed by atoms with Gasteiger partial charge in [0.1, 0.15) is 12.0 Å². The summed E-state index contributed by atoms with van der Waals surface area (Å²) in [6.07, 6.45) is 1.35. The average Bonchev–Trinajstić information content (AvgIpc) is 2.46. The number of carboxylic acid groups (broad SMARTS) is 1. The van der Waals surface area contributed by atoms with Crippen LogP contribution in [0, 0.1) is 5.92 Å². The number of hydrogen-bond acceptors (Lipinski definition) is 5. The number of ether oxygens (including phenoxy) is 1. The largest absolute Gasteiger partial charge is 0.480 e. The summed E-state index contributed by atoms with van der Waals surface area (Å²) in [5.74, 6) is -3.11. The summed E-state index contributed by atoms with van der Waals surface area (Å²) in [6.45, 7) is 9.93. The molecule has 2 unspecified atom stereocenters. The Morgan fingerprint density at radius 1 is 1.26 bits per heavy atom. The fourth-order valence-electron chi connectivity index (χ4n) is 2.84. The highest BCUT2D eigenvalue weighted by Gasteiger charge is 2.45. The van der Waals surface area contributed by atoms with Crippen LogP contribution in [0.2, 0.25) is 0 Å². The molecule has 2 atom stereocenters. The molecule has 0 aliphatic carbocycles. The Hall–Kier alpha value is -1.63. The van der Waals surface area contributed by atoms with E-state index in [4.69, 9.17) is 4.74 Å². The van der Waals surface area contributed by atoms with Gasteiger partial charge in [-0.2, -0.15) is 0 Å². The molecule has 0 bridgehead atoms. The Morgan fingerprint density at radius 3 is 2.30 bits per heavy atom. The molecule has 1 heterocycles. The first kappa shape index (κ1) is 19.4. The molecule has 23 heavy (non-hydrogen) atoms. The molecule has 7 nitrogen and oxygen atoms in total. The van der Waals surface area contributed by atoms with Crippen molar-refractivity contribution in [1.29, 1.82) is 0 Å². The van der Waals surface area contributed by atoms with E-state index >= 15 is 0 Å². The Labute approximate surface area is 137 Å². The highest BCUT2D eigenvalue weighted by molar-refractivity contribution is 5.99. The van der Waals surface area contributed by atoms with Crippen LogP contribution >= 0.6 is 0 Å². The van der Waals surface area contributed by atoms with Gasteiger partial charge in [-0.1, -0.05) is 6.92 Å². The molecule has 1 fully saturated rings. The van der Waals surface area contributed by atoms with Crippen LogP contribution in [0.1, 0.15) is 53.9 Å². The average molecular weight is 328 g/mol. The van der Waals surface area contributed by atoms with Crippen LogP contribution in [0.15, 0.2) is 0 Å². The van der Waals surface area contributed by atoms with Gasteiger partial charge in [0.2, 0.25) is 0 Å². The molecule has 132 valence electrons. The van der Waals surface area contributed by atoms with E-state index in [1.165, 1.54) is 5.01 Å². The Kier molecular flexibility index (Phi) is 6.56. The highest BCUT2D eigenvalue weighted by Crippen LogP contribution is 2.28. The van der Waals surface area contributed by atoms with E-state index in [1.807, 2.05) is 20.8 Å². The topological polar surface area (TPSA) is 87.2 Å². The van der Waals surface area contributed by atoms with Gasteiger partial charge in [0.15, 0.2) is 0 Å². The van der Waals surface area contributed by atoms with E-state index in [-0.39, 0.29) is 13.0 Å². The minimum atomic E-state index is -1.05. The zero-order chi connectivity index (χ0) is 17.8. The van der Waals surface area contributed by atoms with Crippen LogP contribution in [-0.4, -0.2) is 57.7 Å². The minimum absolute atomic E-state index is 0.188. The number of aliphatic carboxylic acids is 1. The molecule has 0 aromatic carbocycles.